The van der Waals surface area contributed by atoms with E-state index in [0.717, 1.165) is 0 Å². The van der Waals surface area contributed by atoms with Crippen molar-refractivity contribution >= 4 is 27.5 Å². The van der Waals surface area contributed by atoms with Crippen LogP contribution in [-0.4, -0.2) is 38.3 Å². The largest absolute Gasteiger partial charge is 0.358 e. The summed E-state index contributed by atoms with van der Waals surface area (Å²) in [5, 5.41) is 11.4. The van der Waals surface area contributed by atoms with Crippen LogP contribution in [0.15, 0.2) is 23.1 Å². The van der Waals surface area contributed by atoms with E-state index in [1.807, 2.05) is 6.07 Å². The molecule has 1 unspecified atom stereocenters. The number of nitriles is 1. The highest BCUT2D eigenvalue weighted by Crippen LogP contribution is 2.28. The molecule has 1 saturated heterocycles. The third kappa shape index (κ3) is 2.88. The van der Waals surface area contributed by atoms with Gasteiger partial charge in [-0.1, -0.05) is 11.6 Å². The molecule has 0 aromatic heterocycles. The van der Waals surface area contributed by atoms with Crippen LogP contribution >= 0.6 is 11.6 Å². The Morgan fingerprint density at radius 1 is 1.52 bits per heavy atom. The van der Waals surface area contributed by atoms with E-state index >= 15 is 0 Å². The molecule has 8 heteroatoms. The maximum Gasteiger partial charge on any atom is 0.243 e. The van der Waals surface area contributed by atoms with Gasteiger partial charge < -0.3 is 5.32 Å². The third-order valence-corrected chi connectivity index (χ3v) is 5.64. The van der Waals surface area contributed by atoms with Crippen molar-refractivity contribution in [3.8, 4) is 6.07 Å². The van der Waals surface area contributed by atoms with Crippen molar-refractivity contribution < 1.29 is 13.2 Å². The second-order valence-corrected chi connectivity index (χ2v) is 6.94. The minimum absolute atomic E-state index is 0.0118. The van der Waals surface area contributed by atoms with E-state index in [0.29, 0.717) is 12.8 Å². The molecule has 6 nitrogen and oxygen atoms in total. The average Bonchev–Trinajstić information content (AvgIpc) is 2.96. The van der Waals surface area contributed by atoms with Crippen molar-refractivity contribution in [1.82, 2.24) is 9.62 Å². The van der Waals surface area contributed by atoms with Gasteiger partial charge in [0, 0.05) is 13.6 Å². The summed E-state index contributed by atoms with van der Waals surface area (Å²) >= 11 is 5.88. The maximum atomic E-state index is 12.6. The number of hydrogen-bond acceptors (Lipinski definition) is 4. The Morgan fingerprint density at radius 2 is 2.24 bits per heavy atom. The molecular weight excluding hydrogens is 314 g/mol. The molecule has 1 heterocycles. The quantitative estimate of drug-likeness (QED) is 0.900. The van der Waals surface area contributed by atoms with Crippen LogP contribution in [0.25, 0.3) is 0 Å². The Kier molecular flexibility index (Phi) is 4.52. The Bertz CT molecular complexity index is 712. The lowest BCUT2D eigenvalue weighted by molar-refractivity contribution is -0.123. The summed E-state index contributed by atoms with van der Waals surface area (Å²) in [5.74, 6) is -0.323. The van der Waals surface area contributed by atoms with Crippen LogP contribution in [0.1, 0.15) is 18.4 Å². The summed E-state index contributed by atoms with van der Waals surface area (Å²) in [4.78, 5) is 11.8. The molecule has 1 aliphatic rings. The SMILES string of the molecule is CNC(=O)C1CCCN1S(=O)(=O)c1ccc(C#N)c(Cl)c1. The van der Waals surface area contributed by atoms with Gasteiger partial charge in [0.15, 0.2) is 0 Å². The molecule has 1 amide bonds. The molecule has 0 bridgehead atoms. The number of nitrogens with zero attached hydrogens (tertiary/aromatic N) is 2. The van der Waals surface area contributed by atoms with Gasteiger partial charge in [-0.3, -0.25) is 4.79 Å². The Hall–Kier alpha value is -1.62. The fourth-order valence-electron chi connectivity index (χ4n) is 2.34. The Balaban J connectivity index is 2.40. The van der Waals surface area contributed by atoms with E-state index in [-0.39, 0.29) is 27.9 Å². The maximum absolute atomic E-state index is 12.6. The number of nitrogens with one attached hydrogen (secondary N) is 1. The van der Waals surface area contributed by atoms with E-state index in [1.165, 1.54) is 29.6 Å². The lowest BCUT2D eigenvalue weighted by Crippen LogP contribution is -2.44. The van der Waals surface area contributed by atoms with Crippen molar-refractivity contribution in [3.63, 3.8) is 0 Å². The summed E-state index contributed by atoms with van der Waals surface area (Å²) in [7, 11) is -2.34. The van der Waals surface area contributed by atoms with E-state index in [1.54, 1.807) is 0 Å². The first-order chi connectivity index (χ1) is 9.91. The molecule has 21 heavy (non-hydrogen) atoms. The first kappa shape index (κ1) is 15.8. The molecular formula is C13H14ClN3O3S. The van der Waals surface area contributed by atoms with Gasteiger partial charge in [-0.2, -0.15) is 9.57 Å². The van der Waals surface area contributed by atoms with Crippen LogP contribution < -0.4 is 5.32 Å². The van der Waals surface area contributed by atoms with Gasteiger partial charge in [-0.15, -0.1) is 0 Å². The number of hydrogen-bond donors (Lipinski definition) is 1. The molecule has 2 rings (SSSR count). The zero-order chi connectivity index (χ0) is 15.6. The lowest BCUT2D eigenvalue weighted by atomic mass is 10.2. The second kappa shape index (κ2) is 6.02. The Morgan fingerprint density at radius 3 is 2.81 bits per heavy atom. The van der Waals surface area contributed by atoms with Gasteiger partial charge in [0.1, 0.15) is 12.1 Å². The van der Waals surface area contributed by atoms with Crippen molar-refractivity contribution in [2.24, 2.45) is 0 Å². The van der Waals surface area contributed by atoms with Crippen LogP contribution in [0.3, 0.4) is 0 Å². The van der Waals surface area contributed by atoms with Crippen molar-refractivity contribution in [3.05, 3.63) is 28.8 Å². The van der Waals surface area contributed by atoms with Crippen LogP contribution in [0, 0.1) is 11.3 Å². The van der Waals surface area contributed by atoms with E-state index in [4.69, 9.17) is 16.9 Å². The number of carbonyl (C=O) groups excluding carboxylic acids is 1. The molecule has 1 aliphatic heterocycles. The van der Waals surface area contributed by atoms with Crippen molar-refractivity contribution in [1.29, 1.82) is 5.26 Å². The van der Waals surface area contributed by atoms with Gasteiger partial charge in [-0.25, -0.2) is 8.42 Å². The van der Waals surface area contributed by atoms with Gasteiger partial charge >= 0.3 is 0 Å². The van der Waals surface area contributed by atoms with Crippen LogP contribution in [0.2, 0.25) is 5.02 Å². The number of likely N-dealkylation sites (N-methyl/N-ethyl adjacent to an activating group) is 1. The molecule has 0 saturated carbocycles. The molecule has 1 aromatic rings. The molecule has 0 spiro atoms. The number of sulfonamides is 1. The van der Waals surface area contributed by atoms with E-state index < -0.39 is 16.1 Å². The molecule has 1 atom stereocenters. The summed E-state index contributed by atoms with van der Waals surface area (Å²) in [6.07, 6.45) is 1.12. The number of carbonyl (C=O) groups is 1. The standard InChI is InChI=1S/C13H14ClN3O3S/c1-16-13(18)12-3-2-6-17(12)21(19,20)10-5-4-9(8-15)11(14)7-10/h4-5,7,12H,2-3,6H2,1H3,(H,16,18). The van der Waals surface area contributed by atoms with Crippen molar-refractivity contribution in [2.75, 3.05) is 13.6 Å². The fourth-order valence-corrected chi connectivity index (χ4v) is 4.31. The van der Waals surface area contributed by atoms with Gasteiger partial charge in [0.2, 0.25) is 15.9 Å². The Labute approximate surface area is 128 Å². The first-order valence-electron chi connectivity index (χ1n) is 6.35. The second-order valence-electron chi connectivity index (χ2n) is 4.64. The topological polar surface area (TPSA) is 90.3 Å². The van der Waals surface area contributed by atoms with Gasteiger partial charge in [0.25, 0.3) is 0 Å². The van der Waals surface area contributed by atoms with Crippen LogP contribution in [-0.2, 0) is 14.8 Å². The minimum atomic E-state index is -3.81. The monoisotopic (exact) mass is 327 g/mol. The van der Waals surface area contributed by atoms with Gasteiger partial charge in [0.05, 0.1) is 15.5 Å². The predicted octanol–water partition coefficient (Wildman–Crippen LogP) is 1.11. The van der Waals surface area contributed by atoms with Crippen LogP contribution in [0.4, 0.5) is 0 Å². The van der Waals surface area contributed by atoms with E-state index in [9.17, 15) is 13.2 Å². The molecule has 0 aliphatic carbocycles. The predicted molar refractivity (Wildman–Crippen MR) is 77.1 cm³/mol. The normalized spacial score (nSPS) is 19.2. The number of halogens is 1. The number of benzene rings is 1. The lowest BCUT2D eigenvalue weighted by Gasteiger charge is -2.22. The average molecular weight is 328 g/mol. The summed E-state index contributed by atoms with van der Waals surface area (Å²) in [5.41, 5.74) is 0.208. The fraction of sp³-hybridized carbons (Fsp3) is 0.385. The smallest absolute Gasteiger partial charge is 0.243 e. The van der Waals surface area contributed by atoms with Crippen LogP contribution in [0.5, 0.6) is 0 Å². The highest BCUT2D eigenvalue weighted by Gasteiger charge is 2.39. The summed E-state index contributed by atoms with van der Waals surface area (Å²) < 4.78 is 26.4. The highest BCUT2D eigenvalue weighted by atomic mass is 35.5. The molecule has 0 radical (unpaired) electrons. The molecule has 112 valence electrons. The molecule has 1 fully saturated rings. The zero-order valence-corrected chi connectivity index (χ0v) is 12.9. The summed E-state index contributed by atoms with van der Waals surface area (Å²) in [6.45, 7) is 0.290. The van der Waals surface area contributed by atoms with Crippen molar-refractivity contribution in [2.45, 2.75) is 23.8 Å². The minimum Gasteiger partial charge on any atom is -0.358 e. The first-order valence-corrected chi connectivity index (χ1v) is 8.16. The highest BCUT2D eigenvalue weighted by molar-refractivity contribution is 7.89. The third-order valence-electron chi connectivity index (χ3n) is 3.42. The number of rotatable bonds is 3. The van der Waals surface area contributed by atoms with E-state index in [2.05, 4.69) is 5.32 Å². The molecule has 1 aromatic carbocycles. The number of amides is 1. The molecule has 1 N–H and O–H groups in total. The van der Waals surface area contributed by atoms with Gasteiger partial charge in [-0.05, 0) is 31.0 Å². The summed E-state index contributed by atoms with van der Waals surface area (Å²) in [6, 6.07) is 5.11. The zero-order valence-electron chi connectivity index (χ0n) is 11.3.